The van der Waals surface area contributed by atoms with E-state index < -0.39 is 0 Å². The number of hydrogen-bond donors (Lipinski definition) is 2. The molecule has 0 spiro atoms. The number of aryl methyl sites for hydroxylation is 1. The van der Waals surface area contributed by atoms with Gasteiger partial charge in [0.2, 0.25) is 0 Å². The quantitative estimate of drug-likeness (QED) is 0.771. The molecule has 2 aromatic heterocycles. The largest absolute Gasteiger partial charge is 0.459 e. The molecule has 0 aliphatic rings. The van der Waals surface area contributed by atoms with Crippen LogP contribution in [0.4, 0.5) is 5.82 Å². The molecule has 3 aromatic rings. The lowest BCUT2D eigenvalue weighted by atomic mass is 10.1. The number of nitrogens with zero attached hydrogens (tertiary/aromatic N) is 1. The molecule has 118 valence electrons. The molecule has 0 saturated heterocycles. The number of fused-ring (bicyclic) bond motifs is 1. The van der Waals surface area contributed by atoms with Crippen LogP contribution < -0.4 is 10.6 Å². The van der Waals surface area contributed by atoms with Crippen LogP contribution >= 0.6 is 0 Å². The highest BCUT2D eigenvalue weighted by Gasteiger charge is 2.19. The summed E-state index contributed by atoms with van der Waals surface area (Å²) in [6, 6.07) is 11.3. The lowest BCUT2D eigenvalue weighted by Gasteiger charge is -2.15. The minimum absolute atomic E-state index is 0.110. The van der Waals surface area contributed by atoms with Crippen LogP contribution in [0.2, 0.25) is 0 Å². The van der Waals surface area contributed by atoms with Gasteiger partial charge in [-0.05, 0) is 32.0 Å². The Kier molecular flexibility index (Phi) is 4.02. The summed E-state index contributed by atoms with van der Waals surface area (Å²) in [5.41, 5.74) is 2.47. The van der Waals surface area contributed by atoms with Crippen molar-refractivity contribution < 1.29 is 9.21 Å². The molecule has 1 amide bonds. The molecule has 1 aromatic carbocycles. The molecule has 0 saturated carbocycles. The Morgan fingerprint density at radius 1 is 1.22 bits per heavy atom. The summed E-state index contributed by atoms with van der Waals surface area (Å²) >= 11 is 0. The molecule has 0 radical (unpaired) electrons. The first-order valence-corrected chi connectivity index (χ1v) is 7.53. The molecule has 0 aliphatic carbocycles. The topological polar surface area (TPSA) is 67.2 Å². The van der Waals surface area contributed by atoms with E-state index in [-0.39, 0.29) is 11.9 Å². The second kappa shape index (κ2) is 6.12. The summed E-state index contributed by atoms with van der Waals surface area (Å²) in [5.74, 6) is 1.22. The number of pyridine rings is 1. The molecule has 2 heterocycles. The number of aromatic nitrogens is 1. The van der Waals surface area contributed by atoms with Gasteiger partial charge in [0.1, 0.15) is 17.2 Å². The third-order valence-corrected chi connectivity index (χ3v) is 3.91. The number of benzene rings is 1. The van der Waals surface area contributed by atoms with Gasteiger partial charge in [-0.15, -0.1) is 0 Å². The maximum Gasteiger partial charge on any atom is 0.254 e. The zero-order chi connectivity index (χ0) is 16.4. The van der Waals surface area contributed by atoms with Gasteiger partial charge in [-0.25, -0.2) is 4.98 Å². The number of nitrogens with one attached hydrogen (secondary N) is 2. The van der Waals surface area contributed by atoms with Crippen LogP contribution in [-0.4, -0.2) is 17.9 Å². The van der Waals surface area contributed by atoms with E-state index in [0.29, 0.717) is 11.4 Å². The third kappa shape index (κ3) is 2.77. The smallest absolute Gasteiger partial charge is 0.254 e. The fourth-order valence-electron chi connectivity index (χ4n) is 2.72. The van der Waals surface area contributed by atoms with Crippen molar-refractivity contribution in [3.8, 4) is 0 Å². The van der Waals surface area contributed by atoms with Crippen LogP contribution in [0.25, 0.3) is 11.0 Å². The number of hydrogen-bond acceptors (Lipinski definition) is 4. The van der Waals surface area contributed by atoms with Gasteiger partial charge in [-0.1, -0.05) is 18.2 Å². The molecule has 23 heavy (non-hydrogen) atoms. The predicted molar refractivity (Wildman–Crippen MR) is 90.6 cm³/mol. The summed E-state index contributed by atoms with van der Waals surface area (Å²) in [5, 5.41) is 7.00. The van der Waals surface area contributed by atoms with Crippen molar-refractivity contribution in [3.63, 3.8) is 0 Å². The van der Waals surface area contributed by atoms with Crippen LogP contribution in [0, 0.1) is 6.92 Å². The average molecular weight is 309 g/mol. The molecule has 2 N–H and O–H groups in total. The summed E-state index contributed by atoms with van der Waals surface area (Å²) < 4.78 is 5.97. The normalized spacial score (nSPS) is 12.1. The van der Waals surface area contributed by atoms with Gasteiger partial charge in [0, 0.05) is 24.2 Å². The molecule has 1 atom stereocenters. The standard InChI is InChI=1S/C18H19N3O2/c1-11-13-7-4-5-9-15(13)23-16(11)12(2)21-17-14(18(22)19-3)8-6-10-20-17/h4-10,12H,1-3H3,(H,19,22)(H,20,21). The van der Waals surface area contributed by atoms with Crippen molar-refractivity contribution in [1.82, 2.24) is 10.3 Å². The highest BCUT2D eigenvalue weighted by Crippen LogP contribution is 2.31. The predicted octanol–water partition coefficient (Wildman–Crippen LogP) is 3.67. The number of anilines is 1. The van der Waals surface area contributed by atoms with Crippen molar-refractivity contribution in [2.45, 2.75) is 19.9 Å². The lowest BCUT2D eigenvalue weighted by Crippen LogP contribution is -2.21. The summed E-state index contributed by atoms with van der Waals surface area (Å²) in [6.45, 7) is 4.03. The van der Waals surface area contributed by atoms with Crippen molar-refractivity contribution in [3.05, 3.63) is 59.5 Å². The molecule has 3 rings (SSSR count). The SMILES string of the molecule is CNC(=O)c1cccnc1NC(C)c1oc2ccccc2c1C. The van der Waals surface area contributed by atoms with E-state index in [1.165, 1.54) is 0 Å². The van der Waals surface area contributed by atoms with E-state index in [1.807, 2.05) is 38.1 Å². The van der Waals surface area contributed by atoms with Crippen molar-refractivity contribution in [1.29, 1.82) is 0 Å². The Morgan fingerprint density at radius 2 is 2.00 bits per heavy atom. The maximum atomic E-state index is 11.9. The first-order valence-electron chi connectivity index (χ1n) is 7.53. The molecule has 0 bridgehead atoms. The zero-order valence-corrected chi connectivity index (χ0v) is 13.4. The lowest BCUT2D eigenvalue weighted by molar-refractivity contribution is 0.0963. The number of para-hydroxylation sites is 1. The Labute approximate surface area is 134 Å². The highest BCUT2D eigenvalue weighted by molar-refractivity contribution is 5.98. The van der Waals surface area contributed by atoms with E-state index in [0.717, 1.165) is 22.3 Å². The van der Waals surface area contributed by atoms with Gasteiger partial charge >= 0.3 is 0 Å². The fourth-order valence-corrected chi connectivity index (χ4v) is 2.72. The van der Waals surface area contributed by atoms with E-state index in [9.17, 15) is 4.79 Å². The molecule has 5 heteroatoms. The number of carbonyl (C=O) groups is 1. The Bertz CT molecular complexity index is 854. The van der Waals surface area contributed by atoms with Crippen LogP contribution in [0.15, 0.2) is 47.0 Å². The minimum atomic E-state index is -0.172. The zero-order valence-electron chi connectivity index (χ0n) is 13.4. The van der Waals surface area contributed by atoms with Gasteiger partial charge < -0.3 is 15.1 Å². The number of rotatable bonds is 4. The third-order valence-electron chi connectivity index (χ3n) is 3.91. The number of furan rings is 1. The average Bonchev–Trinajstić information content (AvgIpc) is 2.92. The van der Waals surface area contributed by atoms with Gasteiger partial charge in [0.15, 0.2) is 0 Å². The van der Waals surface area contributed by atoms with E-state index >= 15 is 0 Å². The van der Waals surface area contributed by atoms with Crippen molar-refractivity contribution >= 4 is 22.7 Å². The maximum absolute atomic E-state index is 11.9. The van der Waals surface area contributed by atoms with E-state index in [1.54, 1.807) is 25.4 Å². The van der Waals surface area contributed by atoms with Crippen LogP contribution in [0.1, 0.15) is 34.6 Å². The molecule has 0 aliphatic heterocycles. The number of amides is 1. The van der Waals surface area contributed by atoms with E-state index in [2.05, 4.69) is 15.6 Å². The number of carbonyl (C=O) groups excluding carboxylic acids is 1. The highest BCUT2D eigenvalue weighted by atomic mass is 16.3. The minimum Gasteiger partial charge on any atom is -0.459 e. The van der Waals surface area contributed by atoms with Gasteiger partial charge in [-0.2, -0.15) is 0 Å². The Balaban J connectivity index is 1.94. The molecule has 0 fully saturated rings. The molecular weight excluding hydrogens is 290 g/mol. The van der Waals surface area contributed by atoms with Crippen LogP contribution in [0.3, 0.4) is 0 Å². The van der Waals surface area contributed by atoms with Crippen LogP contribution in [-0.2, 0) is 0 Å². The summed E-state index contributed by atoms with van der Waals surface area (Å²) in [4.78, 5) is 16.2. The molecular formula is C18H19N3O2. The first kappa shape index (κ1) is 15.1. The van der Waals surface area contributed by atoms with Crippen LogP contribution in [0.5, 0.6) is 0 Å². The van der Waals surface area contributed by atoms with Gasteiger partial charge in [0.25, 0.3) is 5.91 Å². The van der Waals surface area contributed by atoms with Crippen molar-refractivity contribution in [2.24, 2.45) is 0 Å². The second-order valence-electron chi connectivity index (χ2n) is 5.43. The fraction of sp³-hybridized carbons (Fsp3) is 0.222. The Hall–Kier alpha value is -2.82. The van der Waals surface area contributed by atoms with Gasteiger partial charge in [0.05, 0.1) is 11.6 Å². The Morgan fingerprint density at radius 3 is 2.74 bits per heavy atom. The summed E-state index contributed by atoms with van der Waals surface area (Å²) in [7, 11) is 1.60. The van der Waals surface area contributed by atoms with Gasteiger partial charge in [-0.3, -0.25) is 4.79 Å². The first-order chi connectivity index (χ1) is 11.1. The summed E-state index contributed by atoms with van der Waals surface area (Å²) in [6.07, 6.45) is 1.66. The van der Waals surface area contributed by atoms with Crippen molar-refractivity contribution in [2.75, 3.05) is 12.4 Å². The molecule has 5 nitrogen and oxygen atoms in total. The molecule has 1 unspecified atom stereocenters. The monoisotopic (exact) mass is 309 g/mol. The second-order valence-corrected chi connectivity index (χ2v) is 5.43. The van der Waals surface area contributed by atoms with E-state index in [4.69, 9.17) is 4.42 Å².